The van der Waals surface area contributed by atoms with Crippen molar-refractivity contribution >= 4 is 16.9 Å². The van der Waals surface area contributed by atoms with Gasteiger partial charge in [-0.1, -0.05) is 18.2 Å². The molecule has 0 unspecified atom stereocenters. The van der Waals surface area contributed by atoms with E-state index < -0.39 is 0 Å². The van der Waals surface area contributed by atoms with Gasteiger partial charge in [0.25, 0.3) is 5.91 Å². The van der Waals surface area contributed by atoms with Crippen molar-refractivity contribution in [2.24, 2.45) is 0 Å². The smallest absolute Gasteiger partial charge is 0.255 e. The van der Waals surface area contributed by atoms with Crippen molar-refractivity contribution in [1.29, 1.82) is 0 Å². The minimum atomic E-state index is -0.159. The molecule has 6 nitrogen and oxygen atoms in total. The molecular formula is C16H16N4O2. The number of fused-ring (bicyclic) bond motifs is 1. The lowest BCUT2D eigenvalue weighted by Crippen LogP contribution is -2.24. The molecular weight excluding hydrogens is 280 g/mol. The Balaban J connectivity index is 1.53. The first kappa shape index (κ1) is 13.1. The van der Waals surface area contributed by atoms with E-state index in [1.807, 2.05) is 31.2 Å². The van der Waals surface area contributed by atoms with Gasteiger partial charge in [0.15, 0.2) is 5.82 Å². The Labute approximate surface area is 127 Å². The predicted molar refractivity (Wildman–Crippen MR) is 80.4 cm³/mol. The Morgan fingerprint density at radius 1 is 1.36 bits per heavy atom. The third-order valence-electron chi connectivity index (χ3n) is 3.98. The molecule has 2 heterocycles. The second-order valence-corrected chi connectivity index (χ2v) is 5.59. The van der Waals surface area contributed by atoms with Gasteiger partial charge in [-0.25, -0.2) is 0 Å². The number of rotatable bonds is 4. The van der Waals surface area contributed by atoms with Crippen molar-refractivity contribution in [2.75, 3.05) is 0 Å². The average molecular weight is 296 g/mol. The lowest BCUT2D eigenvalue weighted by Gasteiger charge is -2.07. The standard InChI is InChI=1S/C16H16N4O2/c1-10-18-19-15(20(10)11-6-7-11)8-17-16(21)13-9-22-14-5-3-2-4-12(13)14/h2-5,9,11H,6-8H2,1H3,(H,17,21). The Hall–Kier alpha value is -2.63. The maximum atomic E-state index is 12.4. The zero-order valence-electron chi connectivity index (χ0n) is 12.2. The van der Waals surface area contributed by atoms with E-state index in [1.54, 1.807) is 0 Å². The van der Waals surface area contributed by atoms with Crippen LogP contribution in [0.15, 0.2) is 34.9 Å². The summed E-state index contributed by atoms with van der Waals surface area (Å²) in [6.45, 7) is 2.32. The Morgan fingerprint density at radius 3 is 3.00 bits per heavy atom. The summed E-state index contributed by atoms with van der Waals surface area (Å²) >= 11 is 0. The van der Waals surface area contributed by atoms with Crippen molar-refractivity contribution in [2.45, 2.75) is 32.4 Å². The van der Waals surface area contributed by atoms with E-state index in [4.69, 9.17) is 4.42 Å². The van der Waals surface area contributed by atoms with Crippen LogP contribution in [0.3, 0.4) is 0 Å². The summed E-state index contributed by atoms with van der Waals surface area (Å²) in [7, 11) is 0. The van der Waals surface area contributed by atoms with Gasteiger partial charge in [-0.05, 0) is 25.8 Å². The van der Waals surface area contributed by atoms with Crippen molar-refractivity contribution in [3.05, 3.63) is 47.7 Å². The number of para-hydroxylation sites is 1. The van der Waals surface area contributed by atoms with Gasteiger partial charge in [-0.2, -0.15) is 0 Å². The second-order valence-electron chi connectivity index (χ2n) is 5.59. The first-order valence-corrected chi connectivity index (χ1v) is 7.39. The lowest BCUT2D eigenvalue weighted by molar-refractivity contribution is 0.0950. The number of aryl methyl sites for hydroxylation is 1. The van der Waals surface area contributed by atoms with Gasteiger partial charge in [0, 0.05) is 11.4 Å². The fraction of sp³-hybridized carbons (Fsp3) is 0.312. The van der Waals surface area contributed by atoms with Crippen LogP contribution in [0.4, 0.5) is 0 Å². The van der Waals surface area contributed by atoms with Crippen LogP contribution in [-0.4, -0.2) is 20.7 Å². The van der Waals surface area contributed by atoms with Gasteiger partial charge in [0.2, 0.25) is 0 Å². The third-order valence-corrected chi connectivity index (χ3v) is 3.98. The highest BCUT2D eigenvalue weighted by molar-refractivity contribution is 6.05. The molecule has 1 fully saturated rings. The number of carbonyl (C=O) groups excluding carboxylic acids is 1. The summed E-state index contributed by atoms with van der Waals surface area (Å²) in [6.07, 6.45) is 3.81. The minimum Gasteiger partial charge on any atom is -0.463 e. The first-order valence-electron chi connectivity index (χ1n) is 7.39. The largest absolute Gasteiger partial charge is 0.463 e. The Morgan fingerprint density at radius 2 is 2.18 bits per heavy atom. The molecule has 0 aliphatic heterocycles. The molecule has 22 heavy (non-hydrogen) atoms. The predicted octanol–water partition coefficient (Wildman–Crippen LogP) is 2.60. The zero-order chi connectivity index (χ0) is 15.1. The molecule has 0 atom stereocenters. The molecule has 4 rings (SSSR count). The molecule has 6 heteroatoms. The summed E-state index contributed by atoms with van der Waals surface area (Å²) in [5, 5.41) is 12.0. The number of carbonyl (C=O) groups is 1. The first-order chi connectivity index (χ1) is 10.7. The van der Waals surface area contributed by atoms with E-state index in [1.165, 1.54) is 6.26 Å². The summed E-state index contributed by atoms with van der Waals surface area (Å²) in [6, 6.07) is 8.00. The number of aromatic nitrogens is 3. The maximum Gasteiger partial charge on any atom is 0.255 e. The second kappa shape index (κ2) is 4.98. The SMILES string of the molecule is Cc1nnc(CNC(=O)c2coc3ccccc23)n1C1CC1. The quantitative estimate of drug-likeness (QED) is 0.803. The fourth-order valence-corrected chi connectivity index (χ4v) is 2.75. The van der Waals surface area contributed by atoms with Crippen LogP contribution in [0.25, 0.3) is 11.0 Å². The van der Waals surface area contributed by atoms with E-state index in [0.717, 1.165) is 29.9 Å². The molecule has 112 valence electrons. The molecule has 0 bridgehead atoms. The molecule has 1 amide bonds. The molecule has 2 aromatic heterocycles. The molecule has 1 aliphatic carbocycles. The van der Waals surface area contributed by atoms with Gasteiger partial charge < -0.3 is 14.3 Å². The molecule has 1 aromatic carbocycles. The minimum absolute atomic E-state index is 0.159. The summed E-state index contributed by atoms with van der Waals surface area (Å²) < 4.78 is 7.52. The molecule has 0 spiro atoms. The van der Waals surface area contributed by atoms with Crippen LogP contribution < -0.4 is 5.32 Å². The van der Waals surface area contributed by atoms with E-state index in [0.29, 0.717) is 23.7 Å². The van der Waals surface area contributed by atoms with Crippen molar-refractivity contribution in [3.63, 3.8) is 0 Å². The highest BCUT2D eigenvalue weighted by Crippen LogP contribution is 2.36. The highest BCUT2D eigenvalue weighted by atomic mass is 16.3. The molecule has 3 aromatic rings. The normalized spacial score (nSPS) is 14.4. The van der Waals surface area contributed by atoms with Crippen molar-refractivity contribution in [3.8, 4) is 0 Å². The number of amides is 1. The monoisotopic (exact) mass is 296 g/mol. The van der Waals surface area contributed by atoms with Gasteiger partial charge in [-0.15, -0.1) is 10.2 Å². The fourth-order valence-electron chi connectivity index (χ4n) is 2.75. The average Bonchev–Trinajstić information content (AvgIpc) is 3.16. The molecule has 0 radical (unpaired) electrons. The Bertz CT molecular complexity index is 845. The van der Waals surface area contributed by atoms with Gasteiger partial charge >= 0.3 is 0 Å². The van der Waals surface area contributed by atoms with E-state index in [-0.39, 0.29) is 5.91 Å². The number of nitrogens with zero attached hydrogens (tertiary/aromatic N) is 3. The van der Waals surface area contributed by atoms with Gasteiger partial charge in [0.05, 0.1) is 12.1 Å². The van der Waals surface area contributed by atoms with Crippen molar-refractivity contribution in [1.82, 2.24) is 20.1 Å². The number of hydrogen-bond donors (Lipinski definition) is 1. The molecule has 1 aliphatic rings. The van der Waals surface area contributed by atoms with E-state index in [9.17, 15) is 4.79 Å². The van der Waals surface area contributed by atoms with E-state index >= 15 is 0 Å². The third kappa shape index (κ3) is 2.16. The summed E-state index contributed by atoms with van der Waals surface area (Å²) in [4.78, 5) is 12.4. The van der Waals surface area contributed by atoms with E-state index in [2.05, 4.69) is 20.1 Å². The number of benzene rings is 1. The van der Waals surface area contributed by atoms with Crippen LogP contribution in [0.2, 0.25) is 0 Å². The van der Waals surface area contributed by atoms with Gasteiger partial charge in [0.1, 0.15) is 17.7 Å². The molecule has 0 saturated heterocycles. The Kier molecular flexibility index (Phi) is 2.96. The highest BCUT2D eigenvalue weighted by Gasteiger charge is 2.28. The topological polar surface area (TPSA) is 73.0 Å². The number of hydrogen-bond acceptors (Lipinski definition) is 4. The van der Waals surface area contributed by atoms with Crippen LogP contribution in [0, 0.1) is 6.92 Å². The number of nitrogens with one attached hydrogen (secondary N) is 1. The molecule has 1 N–H and O–H groups in total. The van der Waals surface area contributed by atoms with Gasteiger partial charge in [-0.3, -0.25) is 4.79 Å². The van der Waals surface area contributed by atoms with Crippen LogP contribution in [0.5, 0.6) is 0 Å². The van der Waals surface area contributed by atoms with Crippen LogP contribution in [-0.2, 0) is 6.54 Å². The summed E-state index contributed by atoms with van der Waals surface area (Å²) in [5.41, 5.74) is 1.26. The lowest BCUT2D eigenvalue weighted by atomic mass is 10.1. The summed E-state index contributed by atoms with van der Waals surface area (Å²) in [5.74, 6) is 1.55. The zero-order valence-corrected chi connectivity index (χ0v) is 12.2. The maximum absolute atomic E-state index is 12.4. The van der Waals surface area contributed by atoms with Crippen molar-refractivity contribution < 1.29 is 9.21 Å². The molecule has 1 saturated carbocycles. The number of furan rings is 1. The van der Waals surface area contributed by atoms with Crippen LogP contribution in [0.1, 0.15) is 40.9 Å². The van der Waals surface area contributed by atoms with Crippen LogP contribution >= 0.6 is 0 Å².